The smallest absolute Gasteiger partial charge is 0.255 e. The molecule has 0 aliphatic carbocycles. The molecule has 0 radical (unpaired) electrons. The summed E-state index contributed by atoms with van der Waals surface area (Å²) in [5, 5.41) is 2.77. The van der Waals surface area contributed by atoms with Crippen LogP contribution in [0.5, 0.6) is 0 Å². The van der Waals surface area contributed by atoms with Gasteiger partial charge in [-0.15, -0.1) is 0 Å². The van der Waals surface area contributed by atoms with Gasteiger partial charge in [-0.1, -0.05) is 0 Å². The van der Waals surface area contributed by atoms with Gasteiger partial charge in [-0.3, -0.25) is 9.59 Å². The molecule has 4 rings (SSSR count). The molecule has 2 saturated heterocycles. The predicted octanol–water partition coefficient (Wildman–Crippen LogP) is 0.559. The normalized spacial score (nSPS) is 26.4. The van der Waals surface area contributed by atoms with Gasteiger partial charge in [-0.05, 0) is 18.6 Å². The molecular formula is C17H20N4O3. The third-order valence-electron chi connectivity index (χ3n) is 5.33. The summed E-state index contributed by atoms with van der Waals surface area (Å²) < 4.78 is 7.38. The standard InChI is InChI=1S/C17H20N4O3/c1-18-16(23)17-4-5-24-9-13(17)8-20(10-17)15(22)12-2-3-14-6-19-11-21(14)7-12/h2-3,6-7,11,13H,4-5,8-10H2,1H3,(H,18,23)/t13-,17+/m1/s1. The number of nitrogens with zero attached hydrogens (tertiary/aromatic N) is 3. The second kappa shape index (κ2) is 5.59. The van der Waals surface area contributed by atoms with Crippen LogP contribution in [0.2, 0.25) is 0 Å². The Balaban J connectivity index is 1.62. The lowest BCUT2D eigenvalue weighted by atomic mass is 9.73. The van der Waals surface area contributed by atoms with Crippen molar-refractivity contribution in [2.24, 2.45) is 11.3 Å². The Morgan fingerprint density at radius 1 is 1.42 bits per heavy atom. The summed E-state index contributed by atoms with van der Waals surface area (Å²) in [5.74, 6) is 0.00608. The molecule has 2 atom stereocenters. The van der Waals surface area contributed by atoms with E-state index in [0.717, 1.165) is 5.52 Å². The van der Waals surface area contributed by atoms with E-state index in [2.05, 4.69) is 10.3 Å². The summed E-state index contributed by atoms with van der Waals surface area (Å²) >= 11 is 0. The van der Waals surface area contributed by atoms with E-state index in [0.29, 0.717) is 38.3 Å². The van der Waals surface area contributed by atoms with Crippen molar-refractivity contribution >= 4 is 17.3 Å². The third kappa shape index (κ3) is 2.19. The second-order valence-corrected chi connectivity index (χ2v) is 6.59. The van der Waals surface area contributed by atoms with Crippen molar-refractivity contribution in [3.63, 3.8) is 0 Å². The topological polar surface area (TPSA) is 75.9 Å². The Morgan fingerprint density at radius 3 is 3.12 bits per heavy atom. The molecule has 7 heteroatoms. The van der Waals surface area contributed by atoms with Crippen molar-refractivity contribution in [3.05, 3.63) is 36.4 Å². The fourth-order valence-electron chi connectivity index (χ4n) is 3.95. The molecule has 2 aromatic rings. The Morgan fingerprint density at radius 2 is 2.29 bits per heavy atom. The minimum atomic E-state index is -0.526. The maximum absolute atomic E-state index is 12.9. The van der Waals surface area contributed by atoms with Gasteiger partial charge in [0, 0.05) is 38.9 Å². The van der Waals surface area contributed by atoms with E-state index in [-0.39, 0.29) is 17.7 Å². The van der Waals surface area contributed by atoms with Gasteiger partial charge in [0.1, 0.15) is 0 Å². The van der Waals surface area contributed by atoms with E-state index in [4.69, 9.17) is 4.74 Å². The van der Waals surface area contributed by atoms with Crippen molar-refractivity contribution in [1.82, 2.24) is 19.6 Å². The molecule has 0 saturated carbocycles. The van der Waals surface area contributed by atoms with Crippen molar-refractivity contribution in [1.29, 1.82) is 0 Å². The van der Waals surface area contributed by atoms with Crippen molar-refractivity contribution in [2.45, 2.75) is 6.42 Å². The van der Waals surface area contributed by atoms with E-state index in [1.54, 1.807) is 30.7 Å². The van der Waals surface area contributed by atoms with E-state index in [1.807, 2.05) is 16.5 Å². The van der Waals surface area contributed by atoms with Gasteiger partial charge in [-0.25, -0.2) is 4.98 Å². The summed E-state index contributed by atoms with van der Waals surface area (Å²) in [6.07, 6.45) is 5.86. The Kier molecular flexibility index (Phi) is 3.53. The number of imidazole rings is 1. The zero-order valence-corrected chi connectivity index (χ0v) is 13.6. The highest BCUT2D eigenvalue weighted by Gasteiger charge is 2.54. The number of pyridine rings is 1. The van der Waals surface area contributed by atoms with Crippen LogP contribution in [0.3, 0.4) is 0 Å². The van der Waals surface area contributed by atoms with Gasteiger partial charge >= 0.3 is 0 Å². The molecule has 2 aliphatic rings. The summed E-state index contributed by atoms with van der Waals surface area (Å²) in [6.45, 7) is 2.08. The lowest BCUT2D eigenvalue weighted by Gasteiger charge is -2.36. The molecule has 2 amide bonds. The van der Waals surface area contributed by atoms with E-state index in [9.17, 15) is 9.59 Å². The summed E-state index contributed by atoms with van der Waals surface area (Å²) in [4.78, 5) is 31.3. The molecule has 0 unspecified atom stereocenters. The molecule has 0 spiro atoms. The average Bonchev–Trinajstić information content (AvgIpc) is 3.24. The van der Waals surface area contributed by atoms with Gasteiger partial charge in [0.2, 0.25) is 5.91 Å². The number of rotatable bonds is 2. The number of carbonyl (C=O) groups is 2. The Hall–Kier alpha value is -2.41. The van der Waals surface area contributed by atoms with Crippen LogP contribution < -0.4 is 5.32 Å². The maximum Gasteiger partial charge on any atom is 0.255 e. The van der Waals surface area contributed by atoms with Crippen LogP contribution in [0, 0.1) is 11.3 Å². The molecule has 0 aromatic carbocycles. The van der Waals surface area contributed by atoms with Gasteiger partial charge in [-0.2, -0.15) is 0 Å². The number of ether oxygens (including phenoxy) is 1. The van der Waals surface area contributed by atoms with Crippen molar-refractivity contribution in [2.75, 3.05) is 33.4 Å². The zero-order valence-electron chi connectivity index (χ0n) is 13.6. The number of aromatic nitrogens is 2. The van der Waals surface area contributed by atoms with Crippen molar-refractivity contribution in [3.8, 4) is 0 Å². The number of fused-ring (bicyclic) bond motifs is 2. The molecule has 2 fully saturated rings. The molecule has 2 aromatic heterocycles. The van der Waals surface area contributed by atoms with E-state index >= 15 is 0 Å². The first-order valence-electron chi connectivity index (χ1n) is 8.15. The monoisotopic (exact) mass is 328 g/mol. The molecule has 126 valence electrons. The van der Waals surface area contributed by atoms with E-state index < -0.39 is 5.41 Å². The lowest BCUT2D eigenvalue weighted by molar-refractivity contribution is -0.138. The highest BCUT2D eigenvalue weighted by atomic mass is 16.5. The lowest BCUT2D eigenvalue weighted by Crippen LogP contribution is -2.49. The number of likely N-dealkylation sites (tertiary alicyclic amines) is 1. The highest BCUT2D eigenvalue weighted by molar-refractivity contribution is 5.95. The number of carbonyl (C=O) groups excluding carboxylic acids is 2. The summed E-state index contributed by atoms with van der Waals surface area (Å²) in [6, 6.07) is 3.69. The van der Waals surface area contributed by atoms with Crippen LogP contribution in [0.15, 0.2) is 30.9 Å². The first-order valence-corrected chi connectivity index (χ1v) is 8.15. The zero-order chi connectivity index (χ0) is 16.7. The van der Waals surface area contributed by atoms with Crippen LogP contribution in [-0.2, 0) is 9.53 Å². The number of nitrogens with one attached hydrogen (secondary N) is 1. The molecule has 2 aliphatic heterocycles. The molecule has 1 N–H and O–H groups in total. The molecule has 24 heavy (non-hydrogen) atoms. The highest BCUT2D eigenvalue weighted by Crippen LogP contribution is 2.42. The van der Waals surface area contributed by atoms with Crippen LogP contribution in [-0.4, -0.2) is 59.4 Å². The average molecular weight is 328 g/mol. The Bertz CT molecular complexity index is 802. The molecule has 7 nitrogen and oxygen atoms in total. The summed E-state index contributed by atoms with van der Waals surface area (Å²) in [7, 11) is 1.65. The number of hydrogen-bond donors (Lipinski definition) is 1. The largest absolute Gasteiger partial charge is 0.381 e. The fraction of sp³-hybridized carbons (Fsp3) is 0.471. The number of amides is 2. The molecular weight excluding hydrogens is 308 g/mol. The van der Waals surface area contributed by atoms with E-state index in [1.165, 1.54) is 0 Å². The van der Waals surface area contributed by atoms with Crippen molar-refractivity contribution < 1.29 is 14.3 Å². The van der Waals surface area contributed by atoms with Gasteiger partial charge < -0.3 is 19.4 Å². The second-order valence-electron chi connectivity index (χ2n) is 6.59. The minimum Gasteiger partial charge on any atom is -0.381 e. The third-order valence-corrected chi connectivity index (χ3v) is 5.33. The van der Waals surface area contributed by atoms with Gasteiger partial charge in [0.25, 0.3) is 5.91 Å². The molecule has 0 bridgehead atoms. The first kappa shape index (κ1) is 15.1. The van der Waals surface area contributed by atoms with Crippen LogP contribution in [0.4, 0.5) is 0 Å². The Labute approximate surface area is 139 Å². The minimum absolute atomic E-state index is 0.0103. The summed E-state index contributed by atoms with van der Waals surface area (Å²) in [5.41, 5.74) is 1.02. The SMILES string of the molecule is CNC(=O)[C@]12CCOC[C@H]1CN(C(=O)c1ccc3cncn3c1)C2. The first-order chi connectivity index (χ1) is 11.6. The van der Waals surface area contributed by atoms with Crippen LogP contribution in [0.1, 0.15) is 16.8 Å². The van der Waals surface area contributed by atoms with Gasteiger partial charge in [0.15, 0.2) is 0 Å². The maximum atomic E-state index is 12.9. The predicted molar refractivity (Wildman–Crippen MR) is 86.5 cm³/mol. The molecule has 4 heterocycles. The number of hydrogen-bond acceptors (Lipinski definition) is 4. The van der Waals surface area contributed by atoms with Gasteiger partial charge in [0.05, 0.1) is 35.6 Å². The van der Waals surface area contributed by atoms with Crippen LogP contribution >= 0.6 is 0 Å². The quantitative estimate of drug-likeness (QED) is 0.874. The van der Waals surface area contributed by atoms with Crippen LogP contribution in [0.25, 0.3) is 5.52 Å². The fourth-order valence-corrected chi connectivity index (χ4v) is 3.95.